The average Bonchev–Trinajstić information content (AvgIpc) is 2.80. The molecule has 1 aliphatic heterocycles. The lowest BCUT2D eigenvalue weighted by Gasteiger charge is -2.34. The third-order valence-corrected chi connectivity index (χ3v) is 3.72. The molecule has 0 saturated carbocycles. The zero-order valence-corrected chi connectivity index (χ0v) is 13.0. The fourth-order valence-corrected chi connectivity index (χ4v) is 2.65. The molecule has 1 saturated heterocycles. The summed E-state index contributed by atoms with van der Waals surface area (Å²) in [6, 6.07) is 9.43. The Morgan fingerprint density at radius 1 is 1.29 bits per heavy atom. The van der Waals surface area contributed by atoms with Crippen LogP contribution in [0.15, 0.2) is 30.3 Å². The summed E-state index contributed by atoms with van der Waals surface area (Å²) in [7, 11) is 0. The molecule has 0 radical (unpaired) electrons. The maximum absolute atomic E-state index is 12.4. The van der Waals surface area contributed by atoms with E-state index in [4.69, 9.17) is 9.47 Å². The van der Waals surface area contributed by atoms with Crippen molar-refractivity contribution in [2.24, 2.45) is 5.92 Å². The molecule has 0 aromatic heterocycles. The summed E-state index contributed by atoms with van der Waals surface area (Å²) in [5, 5.41) is 0. The summed E-state index contributed by atoms with van der Waals surface area (Å²) in [6.45, 7) is 7.24. The van der Waals surface area contributed by atoms with E-state index in [-0.39, 0.29) is 11.9 Å². The Kier molecular flexibility index (Phi) is 4.08. The molecule has 1 heterocycles. The van der Waals surface area contributed by atoms with Crippen LogP contribution < -0.4 is 0 Å². The van der Waals surface area contributed by atoms with Crippen LogP contribution in [0, 0.1) is 5.92 Å². The van der Waals surface area contributed by atoms with Gasteiger partial charge in [0.05, 0.1) is 5.92 Å². The quantitative estimate of drug-likeness (QED) is 0.802. The first kappa shape index (κ1) is 15.5. The van der Waals surface area contributed by atoms with Gasteiger partial charge in [0, 0.05) is 12.8 Å². The molecule has 2 rings (SSSR count). The fourth-order valence-electron chi connectivity index (χ4n) is 2.65. The van der Waals surface area contributed by atoms with Gasteiger partial charge in [-0.2, -0.15) is 0 Å². The Morgan fingerprint density at radius 2 is 1.90 bits per heavy atom. The summed E-state index contributed by atoms with van der Waals surface area (Å²) < 4.78 is 11.1. The van der Waals surface area contributed by atoms with E-state index in [1.54, 1.807) is 6.92 Å². The molecule has 1 aliphatic rings. The number of hydrogen-bond donors (Lipinski definition) is 0. The predicted octanol–water partition coefficient (Wildman–Crippen LogP) is 3.20. The first-order valence-corrected chi connectivity index (χ1v) is 7.25. The normalized spacial score (nSPS) is 23.5. The van der Waals surface area contributed by atoms with E-state index in [0.29, 0.717) is 12.8 Å². The monoisotopic (exact) mass is 290 g/mol. The van der Waals surface area contributed by atoms with E-state index in [9.17, 15) is 9.59 Å². The van der Waals surface area contributed by atoms with E-state index >= 15 is 0 Å². The third-order valence-electron chi connectivity index (χ3n) is 3.72. The van der Waals surface area contributed by atoms with Gasteiger partial charge in [-0.25, -0.2) is 0 Å². The van der Waals surface area contributed by atoms with Gasteiger partial charge in [-0.3, -0.25) is 9.59 Å². The van der Waals surface area contributed by atoms with Crippen molar-refractivity contribution in [3.05, 3.63) is 35.9 Å². The van der Waals surface area contributed by atoms with Crippen LogP contribution in [0.1, 0.15) is 46.1 Å². The molecular weight excluding hydrogens is 268 g/mol. The highest BCUT2D eigenvalue weighted by atomic mass is 16.6. The highest BCUT2D eigenvalue weighted by molar-refractivity contribution is 5.78. The molecule has 1 aromatic rings. The number of esters is 2. The number of cyclic esters (lactones) is 1. The molecule has 2 atom stereocenters. The minimum atomic E-state index is -0.916. The maximum Gasteiger partial charge on any atom is 0.313 e. The van der Waals surface area contributed by atoms with Crippen molar-refractivity contribution in [1.82, 2.24) is 0 Å². The van der Waals surface area contributed by atoms with Crippen molar-refractivity contribution in [2.45, 2.75) is 51.7 Å². The second-order valence-corrected chi connectivity index (χ2v) is 6.48. The molecule has 1 aromatic carbocycles. The summed E-state index contributed by atoms with van der Waals surface area (Å²) in [5.74, 6) is -1.17. The molecule has 1 unspecified atom stereocenters. The van der Waals surface area contributed by atoms with Gasteiger partial charge in [-0.15, -0.1) is 0 Å². The van der Waals surface area contributed by atoms with Gasteiger partial charge in [0.1, 0.15) is 5.60 Å². The van der Waals surface area contributed by atoms with Crippen LogP contribution in [0.2, 0.25) is 0 Å². The topological polar surface area (TPSA) is 52.6 Å². The largest absolute Gasteiger partial charge is 0.460 e. The van der Waals surface area contributed by atoms with Gasteiger partial charge < -0.3 is 9.47 Å². The number of carbonyl (C=O) groups excluding carboxylic acids is 2. The van der Waals surface area contributed by atoms with E-state index in [0.717, 1.165) is 5.56 Å². The van der Waals surface area contributed by atoms with Gasteiger partial charge >= 0.3 is 11.9 Å². The molecule has 0 spiro atoms. The van der Waals surface area contributed by atoms with Crippen LogP contribution in [-0.2, 0) is 24.7 Å². The number of ether oxygens (including phenoxy) is 2. The van der Waals surface area contributed by atoms with Gasteiger partial charge in [-0.05, 0) is 33.3 Å². The molecule has 0 aliphatic carbocycles. The highest BCUT2D eigenvalue weighted by Crippen LogP contribution is 2.43. The standard InChI is InChI=1S/C17H22O4/c1-12(15(19)21-16(2,3)4)17(11-10-14(18)20-17)13-8-6-5-7-9-13/h5-9,12H,10-11H2,1-4H3/t12?,17-/m0/s1. The summed E-state index contributed by atoms with van der Waals surface area (Å²) >= 11 is 0. The van der Waals surface area contributed by atoms with Crippen LogP contribution in [-0.4, -0.2) is 17.5 Å². The van der Waals surface area contributed by atoms with Crippen molar-refractivity contribution in [3.63, 3.8) is 0 Å². The number of carbonyl (C=O) groups is 2. The zero-order chi connectivity index (χ0) is 15.7. The maximum atomic E-state index is 12.4. The fraction of sp³-hybridized carbons (Fsp3) is 0.529. The van der Waals surface area contributed by atoms with E-state index in [1.807, 2.05) is 51.1 Å². The molecule has 21 heavy (non-hydrogen) atoms. The minimum absolute atomic E-state index is 0.269. The van der Waals surface area contributed by atoms with Crippen LogP contribution in [0.5, 0.6) is 0 Å². The van der Waals surface area contributed by atoms with Gasteiger partial charge in [0.15, 0.2) is 5.60 Å². The lowest BCUT2D eigenvalue weighted by molar-refractivity contribution is -0.174. The molecule has 0 N–H and O–H groups in total. The van der Waals surface area contributed by atoms with Gasteiger partial charge in [0.25, 0.3) is 0 Å². The van der Waals surface area contributed by atoms with Crippen molar-refractivity contribution in [2.75, 3.05) is 0 Å². The number of rotatable bonds is 3. The SMILES string of the molecule is CC(C(=O)OC(C)(C)C)[C@]1(c2ccccc2)CCC(=O)O1. The third kappa shape index (κ3) is 3.26. The predicted molar refractivity (Wildman–Crippen MR) is 78.5 cm³/mol. The molecule has 0 bridgehead atoms. The van der Waals surface area contributed by atoms with E-state index < -0.39 is 17.1 Å². The molecule has 1 fully saturated rings. The van der Waals surface area contributed by atoms with E-state index in [1.165, 1.54) is 0 Å². The Bertz CT molecular complexity index is 529. The van der Waals surface area contributed by atoms with Crippen molar-refractivity contribution >= 4 is 11.9 Å². The minimum Gasteiger partial charge on any atom is -0.460 e. The first-order chi connectivity index (χ1) is 9.74. The zero-order valence-electron chi connectivity index (χ0n) is 13.0. The lowest BCUT2D eigenvalue weighted by Crippen LogP contribution is -2.41. The van der Waals surface area contributed by atoms with E-state index in [2.05, 4.69) is 0 Å². The second kappa shape index (κ2) is 5.51. The highest BCUT2D eigenvalue weighted by Gasteiger charge is 2.50. The first-order valence-electron chi connectivity index (χ1n) is 7.25. The van der Waals surface area contributed by atoms with Gasteiger partial charge in [-0.1, -0.05) is 30.3 Å². The molecule has 0 amide bonds. The van der Waals surface area contributed by atoms with Crippen LogP contribution in [0.4, 0.5) is 0 Å². The molecule has 4 heteroatoms. The van der Waals surface area contributed by atoms with Crippen LogP contribution in [0.25, 0.3) is 0 Å². The van der Waals surface area contributed by atoms with Crippen LogP contribution in [0.3, 0.4) is 0 Å². The number of hydrogen-bond acceptors (Lipinski definition) is 4. The Labute approximate surface area is 125 Å². The number of benzene rings is 1. The smallest absolute Gasteiger partial charge is 0.313 e. The van der Waals surface area contributed by atoms with Crippen molar-refractivity contribution in [1.29, 1.82) is 0 Å². The average molecular weight is 290 g/mol. The van der Waals surface area contributed by atoms with Crippen molar-refractivity contribution < 1.29 is 19.1 Å². The summed E-state index contributed by atoms with van der Waals surface area (Å²) in [4.78, 5) is 24.1. The van der Waals surface area contributed by atoms with Crippen molar-refractivity contribution in [3.8, 4) is 0 Å². The van der Waals surface area contributed by atoms with Crippen LogP contribution >= 0.6 is 0 Å². The summed E-state index contributed by atoms with van der Waals surface area (Å²) in [6.07, 6.45) is 0.818. The Hall–Kier alpha value is -1.84. The second-order valence-electron chi connectivity index (χ2n) is 6.48. The van der Waals surface area contributed by atoms with Gasteiger partial charge in [0.2, 0.25) is 0 Å². The Morgan fingerprint density at radius 3 is 2.38 bits per heavy atom. The molecular formula is C17H22O4. The molecule has 114 valence electrons. The summed E-state index contributed by atoms with van der Waals surface area (Å²) in [5.41, 5.74) is -0.638. The molecule has 4 nitrogen and oxygen atoms in total. The Balaban J connectivity index is 2.33. The lowest BCUT2D eigenvalue weighted by atomic mass is 9.80.